The quantitative estimate of drug-likeness (QED) is 0.540. The average molecular weight is 234 g/mol. The highest BCUT2D eigenvalue weighted by molar-refractivity contribution is 5.83. The topological polar surface area (TPSA) is 26.3 Å². The summed E-state index contributed by atoms with van der Waals surface area (Å²) in [6, 6.07) is 0. The Morgan fingerprint density at radius 2 is 1.53 bits per heavy atom. The zero-order chi connectivity index (χ0) is 12.0. The molecular weight excluding hydrogens is 212 g/mol. The third-order valence-electron chi connectivity index (χ3n) is 4.71. The molecule has 0 heterocycles. The van der Waals surface area contributed by atoms with Gasteiger partial charge in [0.05, 0.1) is 0 Å². The molecule has 0 saturated heterocycles. The van der Waals surface area contributed by atoms with Crippen LogP contribution in [0.25, 0.3) is 0 Å². The van der Waals surface area contributed by atoms with Crippen molar-refractivity contribution in [2.45, 2.75) is 58.0 Å². The molecule has 0 amide bonds. The highest BCUT2D eigenvalue weighted by Gasteiger charge is 2.53. The predicted molar refractivity (Wildman–Crippen MR) is 66.4 cm³/mol. The highest BCUT2D eigenvalue weighted by Crippen LogP contribution is 2.57. The molecule has 0 N–H and O–H groups in total. The van der Waals surface area contributed by atoms with Gasteiger partial charge in [0.1, 0.15) is 5.60 Å². The second kappa shape index (κ2) is 3.86. The van der Waals surface area contributed by atoms with Gasteiger partial charge in [0, 0.05) is 6.08 Å². The van der Waals surface area contributed by atoms with Gasteiger partial charge in [-0.2, -0.15) is 0 Å². The van der Waals surface area contributed by atoms with E-state index >= 15 is 0 Å². The molecule has 4 aliphatic carbocycles. The molecular formula is C15H22O2. The van der Waals surface area contributed by atoms with Gasteiger partial charge >= 0.3 is 5.97 Å². The van der Waals surface area contributed by atoms with Crippen LogP contribution >= 0.6 is 0 Å². The monoisotopic (exact) mass is 234 g/mol. The van der Waals surface area contributed by atoms with Crippen LogP contribution in [-0.4, -0.2) is 11.6 Å². The lowest BCUT2D eigenvalue weighted by Crippen LogP contribution is -2.52. The highest BCUT2D eigenvalue weighted by atomic mass is 16.6. The van der Waals surface area contributed by atoms with Crippen LogP contribution in [0.2, 0.25) is 0 Å². The van der Waals surface area contributed by atoms with Gasteiger partial charge in [-0.15, -0.1) is 0 Å². The van der Waals surface area contributed by atoms with Crippen molar-refractivity contribution in [2.24, 2.45) is 17.8 Å². The molecule has 0 aliphatic heterocycles. The third kappa shape index (κ3) is 2.14. The standard InChI is InChI=1S/C15H22O2/c1-10(2)3-14(16)17-15-7-11-4-12(8-15)6-13(5-11)9-15/h3,11-13H,4-9H2,1-2H3. The number of allylic oxidation sites excluding steroid dienone is 1. The zero-order valence-electron chi connectivity index (χ0n) is 10.9. The normalized spacial score (nSPS) is 42.4. The average Bonchev–Trinajstić information content (AvgIpc) is 2.11. The van der Waals surface area contributed by atoms with Crippen molar-refractivity contribution in [2.75, 3.05) is 0 Å². The number of carbonyl (C=O) groups is 1. The number of carbonyl (C=O) groups excluding carboxylic acids is 1. The minimum Gasteiger partial charge on any atom is -0.456 e. The van der Waals surface area contributed by atoms with E-state index in [4.69, 9.17) is 4.74 Å². The summed E-state index contributed by atoms with van der Waals surface area (Å²) in [6.45, 7) is 3.89. The first-order valence-corrected chi connectivity index (χ1v) is 6.92. The van der Waals surface area contributed by atoms with Crippen molar-refractivity contribution < 1.29 is 9.53 Å². The Balaban J connectivity index is 1.74. The van der Waals surface area contributed by atoms with E-state index in [0.29, 0.717) is 0 Å². The van der Waals surface area contributed by atoms with Crippen LogP contribution in [0.3, 0.4) is 0 Å². The Bertz CT molecular complexity index is 328. The summed E-state index contributed by atoms with van der Waals surface area (Å²) in [5.41, 5.74) is 0.942. The van der Waals surface area contributed by atoms with Crippen molar-refractivity contribution in [1.29, 1.82) is 0 Å². The van der Waals surface area contributed by atoms with Gasteiger partial charge in [-0.1, -0.05) is 5.57 Å². The summed E-state index contributed by atoms with van der Waals surface area (Å²) in [5, 5.41) is 0. The molecule has 2 nitrogen and oxygen atoms in total. The van der Waals surface area contributed by atoms with Gasteiger partial charge in [0.2, 0.25) is 0 Å². The van der Waals surface area contributed by atoms with Crippen LogP contribution in [0.5, 0.6) is 0 Å². The van der Waals surface area contributed by atoms with Crippen molar-refractivity contribution in [3.8, 4) is 0 Å². The van der Waals surface area contributed by atoms with Crippen LogP contribution in [0, 0.1) is 17.8 Å². The first-order valence-electron chi connectivity index (χ1n) is 6.92. The molecule has 94 valence electrons. The second-order valence-corrected chi connectivity index (χ2v) is 6.74. The van der Waals surface area contributed by atoms with Gasteiger partial charge in [-0.3, -0.25) is 0 Å². The van der Waals surface area contributed by atoms with Gasteiger partial charge < -0.3 is 4.74 Å². The summed E-state index contributed by atoms with van der Waals surface area (Å²) in [4.78, 5) is 11.8. The van der Waals surface area contributed by atoms with E-state index < -0.39 is 0 Å². The van der Waals surface area contributed by atoms with Gasteiger partial charge in [0.25, 0.3) is 0 Å². The number of esters is 1. The molecule has 0 aromatic carbocycles. The number of rotatable bonds is 2. The molecule has 0 spiro atoms. The van der Waals surface area contributed by atoms with Gasteiger partial charge in [0.15, 0.2) is 0 Å². The van der Waals surface area contributed by atoms with Crippen molar-refractivity contribution in [3.63, 3.8) is 0 Å². The molecule has 0 radical (unpaired) electrons. The summed E-state index contributed by atoms with van der Waals surface area (Å²) in [5.74, 6) is 2.38. The Morgan fingerprint density at radius 3 is 1.94 bits per heavy atom. The fraction of sp³-hybridized carbons (Fsp3) is 0.800. The first kappa shape index (κ1) is 11.3. The summed E-state index contributed by atoms with van der Waals surface area (Å²) in [6.07, 6.45) is 9.18. The Morgan fingerprint density at radius 1 is 1.06 bits per heavy atom. The minimum absolute atomic E-state index is 0.0855. The van der Waals surface area contributed by atoms with Crippen molar-refractivity contribution in [3.05, 3.63) is 11.6 Å². The van der Waals surface area contributed by atoms with E-state index in [-0.39, 0.29) is 11.6 Å². The zero-order valence-corrected chi connectivity index (χ0v) is 10.9. The minimum atomic E-state index is -0.119. The molecule has 2 heteroatoms. The maximum Gasteiger partial charge on any atom is 0.331 e. The molecule has 4 bridgehead atoms. The lowest BCUT2D eigenvalue weighted by Gasteiger charge is -2.55. The van der Waals surface area contributed by atoms with E-state index in [2.05, 4.69) is 0 Å². The maximum absolute atomic E-state index is 11.8. The smallest absolute Gasteiger partial charge is 0.331 e. The van der Waals surface area contributed by atoms with Crippen LogP contribution < -0.4 is 0 Å². The summed E-state index contributed by atoms with van der Waals surface area (Å²) < 4.78 is 5.85. The fourth-order valence-electron chi connectivity index (χ4n) is 4.63. The molecule has 4 rings (SSSR count). The molecule has 4 fully saturated rings. The van der Waals surface area contributed by atoms with Crippen molar-refractivity contribution >= 4 is 5.97 Å². The fourth-order valence-corrected chi connectivity index (χ4v) is 4.63. The van der Waals surface area contributed by atoms with Crippen LogP contribution in [-0.2, 0) is 9.53 Å². The molecule has 0 aromatic rings. The molecule has 0 unspecified atom stereocenters. The molecule has 4 saturated carbocycles. The SMILES string of the molecule is CC(C)=CC(=O)OC12CC3CC(CC(C3)C1)C2. The van der Waals surface area contributed by atoms with E-state index in [1.807, 2.05) is 13.8 Å². The van der Waals surface area contributed by atoms with E-state index in [9.17, 15) is 4.79 Å². The Labute approximate surface area is 103 Å². The number of hydrogen-bond acceptors (Lipinski definition) is 2. The molecule has 4 aliphatic rings. The van der Waals surface area contributed by atoms with Crippen LogP contribution in [0.15, 0.2) is 11.6 Å². The third-order valence-corrected chi connectivity index (χ3v) is 4.71. The molecule has 0 atom stereocenters. The first-order chi connectivity index (χ1) is 8.05. The lowest BCUT2D eigenvalue weighted by molar-refractivity contribution is -0.181. The largest absolute Gasteiger partial charge is 0.456 e. The van der Waals surface area contributed by atoms with Crippen LogP contribution in [0.4, 0.5) is 0 Å². The van der Waals surface area contributed by atoms with Gasteiger partial charge in [-0.25, -0.2) is 4.79 Å². The Kier molecular flexibility index (Phi) is 2.57. The Hall–Kier alpha value is -0.790. The van der Waals surface area contributed by atoms with E-state index in [1.165, 1.54) is 19.3 Å². The van der Waals surface area contributed by atoms with Crippen LogP contribution in [0.1, 0.15) is 52.4 Å². The van der Waals surface area contributed by atoms with Gasteiger partial charge in [-0.05, 0) is 70.1 Å². The summed E-state index contributed by atoms with van der Waals surface area (Å²) in [7, 11) is 0. The van der Waals surface area contributed by atoms with E-state index in [0.717, 1.165) is 42.6 Å². The maximum atomic E-state index is 11.8. The van der Waals surface area contributed by atoms with E-state index in [1.54, 1.807) is 6.08 Å². The predicted octanol–water partition coefficient (Wildman–Crippen LogP) is 3.46. The number of hydrogen-bond donors (Lipinski definition) is 0. The summed E-state index contributed by atoms with van der Waals surface area (Å²) >= 11 is 0. The second-order valence-electron chi connectivity index (χ2n) is 6.74. The van der Waals surface area contributed by atoms with Crippen molar-refractivity contribution in [1.82, 2.24) is 0 Å². The molecule has 0 aromatic heterocycles. The molecule has 17 heavy (non-hydrogen) atoms. The lowest BCUT2D eigenvalue weighted by atomic mass is 9.54. The number of ether oxygens (including phenoxy) is 1.